The van der Waals surface area contributed by atoms with E-state index in [2.05, 4.69) is 9.97 Å². The average Bonchev–Trinajstić information content (AvgIpc) is 2.99. The Morgan fingerprint density at radius 3 is 2.77 bits per heavy atom. The number of pyridine rings is 1. The number of rotatable bonds is 4. The fraction of sp³-hybridized carbons (Fsp3) is 0.444. The largest absolute Gasteiger partial charge is 0.487 e. The van der Waals surface area contributed by atoms with Crippen LogP contribution in [0.1, 0.15) is 23.7 Å². The van der Waals surface area contributed by atoms with Gasteiger partial charge in [-0.1, -0.05) is 11.8 Å². The molecule has 2 aliphatic heterocycles. The van der Waals surface area contributed by atoms with Crippen molar-refractivity contribution in [2.24, 2.45) is 0 Å². The Morgan fingerprint density at radius 1 is 1.31 bits per heavy atom. The minimum atomic E-state index is -0.123. The lowest BCUT2D eigenvalue weighted by Gasteiger charge is -2.39. The highest BCUT2D eigenvalue weighted by atomic mass is 32.2. The number of nitrogens with zero attached hydrogens (tertiary/aromatic N) is 4. The minimum absolute atomic E-state index is 0.0147. The molecule has 0 saturated carbocycles. The second kappa shape index (κ2) is 6.75. The number of hydrogen-bond donors (Lipinski definition) is 0. The predicted octanol–water partition coefficient (Wildman–Crippen LogP) is 1.58. The zero-order valence-electron chi connectivity index (χ0n) is 14.7. The first-order valence-electron chi connectivity index (χ1n) is 8.60. The number of thioether (sulfide) groups is 1. The zero-order chi connectivity index (χ0) is 18.3. The van der Waals surface area contributed by atoms with Gasteiger partial charge >= 0.3 is 0 Å². The van der Waals surface area contributed by atoms with Crippen molar-refractivity contribution in [2.45, 2.75) is 37.6 Å². The molecule has 0 aliphatic carbocycles. The van der Waals surface area contributed by atoms with Crippen LogP contribution in [0.2, 0.25) is 0 Å². The summed E-state index contributed by atoms with van der Waals surface area (Å²) in [6.07, 6.45) is 3.70. The van der Waals surface area contributed by atoms with E-state index in [9.17, 15) is 9.59 Å². The number of aromatic nitrogens is 3. The fourth-order valence-corrected chi connectivity index (χ4v) is 4.36. The van der Waals surface area contributed by atoms with Crippen molar-refractivity contribution in [1.29, 1.82) is 0 Å². The van der Waals surface area contributed by atoms with Crippen LogP contribution in [0, 0.1) is 13.8 Å². The first-order valence-corrected chi connectivity index (χ1v) is 9.58. The van der Waals surface area contributed by atoms with Gasteiger partial charge in [-0.2, -0.15) is 0 Å². The van der Waals surface area contributed by atoms with E-state index in [-0.39, 0.29) is 23.6 Å². The molecule has 0 spiro atoms. The van der Waals surface area contributed by atoms with Crippen LogP contribution < -0.4 is 10.3 Å². The number of fused-ring (bicyclic) bond motifs is 1. The first-order chi connectivity index (χ1) is 12.5. The van der Waals surface area contributed by atoms with Gasteiger partial charge in [-0.05, 0) is 26.0 Å². The smallest absolute Gasteiger partial charge is 0.257 e. The van der Waals surface area contributed by atoms with Gasteiger partial charge in [0.05, 0.1) is 19.1 Å². The standard InChI is InChI=1S/C18H20N4O3S/c1-11-12(2)20-18-22(17(11)24)13(10-26-18)7-16(23)21-8-15(9-21)25-14-3-5-19-6-4-14/h3-6,13,15H,7-10H2,1-2H3. The van der Waals surface area contributed by atoms with Crippen LogP contribution in [0.5, 0.6) is 5.75 Å². The SMILES string of the molecule is Cc1nc2n(c(=O)c1C)C(CC(=O)N1CC(Oc3ccncc3)C1)CS2. The molecule has 0 bridgehead atoms. The Labute approximate surface area is 155 Å². The predicted molar refractivity (Wildman–Crippen MR) is 97.6 cm³/mol. The lowest BCUT2D eigenvalue weighted by molar-refractivity contribution is -0.140. The molecule has 0 radical (unpaired) electrons. The number of carbonyl (C=O) groups is 1. The quantitative estimate of drug-likeness (QED) is 0.759. The third-order valence-electron chi connectivity index (χ3n) is 4.89. The Bertz CT molecular complexity index is 893. The van der Waals surface area contributed by atoms with Gasteiger partial charge in [0.2, 0.25) is 5.91 Å². The van der Waals surface area contributed by atoms with E-state index in [1.165, 1.54) is 0 Å². The molecule has 8 heteroatoms. The number of likely N-dealkylation sites (tertiary alicyclic amines) is 1. The number of ether oxygens (including phenoxy) is 1. The number of hydrogen-bond acceptors (Lipinski definition) is 6. The van der Waals surface area contributed by atoms with E-state index in [1.807, 2.05) is 6.92 Å². The molecule has 136 valence electrons. The molecule has 4 rings (SSSR count). The third kappa shape index (κ3) is 3.09. The zero-order valence-corrected chi connectivity index (χ0v) is 15.5. The molecule has 4 heterocycles. The van der Waals surface area contributed by atoms with E-state index in [0.717, 1.165) is 16.6 Å². The molecule has 7 nitrogen and oxygen atoms in total. The first kappa shape index (κ1) is 17.1. The molecule has 1 atom stereocenters. The van der Waals surface area contributed by atoms with Gasteiger partial charge in [-0.3, -0.25) is 19.1 Å². The Hall–Kier alpha value is -2.35. The van der Waals surface area contributed by atoms with Crippen LogP contribution in [0.4, 0.5) is 0 Å². The summed E-state index contributed by atoms with van der Waals surface area (Å²) < 4.78 is 7.49. The Morgan fingerprint density at radius 2 is 2.04 bits per heavy atom. The summed E-state index contributed by atoms with van der Waals surface area (Å²) in [5.41, 5.74) is 1.39. The van der Waals surface area contributed by atoms with Crippen molar-refractivity contribution < 1.29 is 9.53 Å². The van der Waals surface area contributed by atoms with Gasteiger partial charge in [0.1, 0.15) is 11.9 Å². The summed E-state index contributed by atoms with van der Waals surface area (Å²) >= 11 is 1.55. The van der Waals surface area contributed by atoms with E-state index < -0.39 is 0 Å². The summed E-state index contributed by atoms with van der Waals surface area (Å²) in [5.74, 6) is 1.53. The molecule has 1 fully saturated rings. The molecule has 0 aromatic carbocycles. The van der Waals surface area contributed by atoms with Crippen LogP contribution in [0.25, 0.3) is 0 Å². The summed E-state index contributed by atoms with van der Waals surface area (Å²) in [6, 6.07) is 3.49. The van der Waals surface area contributed by atoms with Crippen molar-refractivity contribution in [3.05, 3.63) is 46.1 Å². The second-order valence-corrected chi connectivity index (χ2v) is 7.66. The van der Waals surface area contributed by atoms with E-state index in [1.54, 1.807) is 52.7 Å². The van der Waals surface area contributed by atoms with Crippen LogP contribution in [-0.4, -0.2) is 50.3 Å². The van der Waals surface area contributed by atoms with Gasteiger partial charge in [0.15, 0.2) is 5.16 Å². The average molecular weight is 372 g/mol. The van der Waals surface area contributed by atoms with Crippen LogP contribution in [-0.2, 0) is 4.79 Å². The minimum Gasteiger partial charge on any atom is -0.487 e. The molecule has 2 aromatic heterocycles. The molecular weight excluding hydrogens is 352 g/mol. The van der Waals surface area contributed by atoms with Crippen LogP contribution in [0.15, 0.2) is 34.5 Å². The molecule has 26 heavy (non-hydrogen) atoms. The van der Waals surface area contributed by atoms with Crippen molar-refractivity contribution in [1.82, 2.24) is 19.4 Å². The maximum Gasteiger partial charge on any atom is 0.257 e. The molecule has 1 amide bonds. The maximum atomic E-state index is 12.6. The van der Waals surface area contributed by atoms with E-state index in [0.29, 0.717) is 30.8 Å². The van der Waals surface area contributed by atoms with Crippen molar-refractivity contribution in [3.8, 4) is 5.75 Å². The lowest BCUT2D eigenvalue weighted by atomic mass is 10.1. The summed E-state index contributed by atoms with van der Waals surface area (Å²) in [6.45, 7) is 4.79. The summed E-state index contributed by atoms with van der Waals surface area (Å²) in [5, 5.41) is 0.721. The van der Waals surface area contributed by atoms with Gasteiger partial charge < -0.3 is 9.64 Å². The summed E-state index contributed by atoms with van der Waals surface area (Å²) in [4.78, 5) is 35.3. The molecule has 2 aliphatic rings. The van der Waals surface area contributed by atoms with Crippen LogP contribution >= 0.6 is 11.8 Å². The molecule has 1 unspecified atom stereocenters. The molecule has 2 aromatic rings. The second-order valence-electron chi connectivity index (χ2n) is 6.67. The van der Waals surface area contributed by atoms with Gasteiger partial charge in [-0.25, -0.2) is 4.98 Å². The van der Waals surface area contributed by atoms with Gasteiger partial charge in [-0.15, -0.1) is 0 Å². The number of carbonyl (C=O) groups excluding carboxylic acids is 1. The topological polar surface area (TPSA) is 77.3 Å². The monoisotopic (exact) mass is 372 g/mol. The highest BCUT2D eigenvalue weighted by Crippen LogP contribution is 2.33. The van der Waals surface area contributed by atoms with Crippen molar-refractivity contribution >= 4 is 17.7 Å². The molecule has 1 saturated heterocycles. The van der Waals surface area contributed by atoms with E-state index in [4.69, 9.17) is 4.74 Å². The third-order valence-corrected chi connectivity index (χ3v) is 5.98. The fourth-order valence-electron chi connectivity index (χ4n) is 3.18. The van der Waals surface area contributed by atoms with Crippen LogP contribution in [0.3, 0.4) is 0 Å². The number of aryl methyl sites for hydroxylation is 1. The highest BCUT2D eigenvalue weighted by molar-refractivity contribution is 7.99. The lowest BCUT2D eigenvalue weighted by Crippen LogP contribution is -2.56. The Kier molecular flexibility index (Phi) is 4.44. The van der Waals surface area contributed by atoms with E-state index >= 15 is 0 Å². The number of amides is 1. The summed E-state index contributed by atoms with van der Waals surface area (Å²) in [7, 11) is 0. The Balaban J connectivity index is 1.37. The normalized spacial score (nSPS) is 19.2. The van der Waals surface area contributed by atoms with Gasteiger partial charge in [0.25, 0.3) is 5.56 Å². The van der Waals surface area contributed by atoms with Crippen molar-refractivity contribution in [3.63, 3.8) is 0 Å². The molecule has 0 N–H and O–H groups in total. The maximum absolute atomic E-state index is 12.6. The van der Waals surface area contributed by atoms with Gasteiger partial charge in [0, 0.05) is 35.8 Å². The van der Waals surface area contributed by atoms with Crippen molar-refractivity contribution in [2.75, 3.05) is 18.8 Å². The highest BCUT2D eigenvalue weighted by Gasteiger charge is 2.35. The molecular formula is C18H20N4O3S.